The monoisotopic (exact) mass is 381 g/mol. The molecule has 0 bridgehead atoms. The third kappa shape index (κ3) is 3.03. The molecule has 0 saturated carbocycles. The zero-order valence-electron chi connectivity index (χ0n) is 14.6. The number of nitrogens with zero attached hydrogens (tertiary/aromatic N) is 1. The number of hydrogen-bond donors (Lipinski definition) is 2. The minimum atomic E-state index is -1.16. The van der Waals surface area contributed by atoms with Crippen LogP contribution in [0, 0.1) is 16.4 Å². The van der Waals surface area contributed by atoms with Crippen molar-refractivity contribution in [3.8, 4) is 11.1 Å². The second-order valence-electron chi connectivity index (χ2n) is 7.02. The van der Waals surface area contributed by atoms with Crippen molar-refractivity contribution in [2.75, 3.05) is 11.9 Å². The molecule has 1 aliphatic rings. The Morgan fingerprint density at radius 2 is 1.92 bits per heavy atom. The van der Waals surface area contributed by atoms with E-state index in [9.17, 15) is 18.4 Å². The number of amides is 1. The van der Waals surface area contributed by atoms with E-state index in [0.29, 0.717) is 11.3 Å². The van der Waals surface area contributed by atoms with Crippen LogP contribution >= 0.6 is 12.2 Å². The Labute approximate surface area is 152 Å². The molecular weight excluding hydrogens is 364 g/mol. The standard InChI is InChI=1S/C17H17F2N3O3S/c1-17(2,3)25-16(24)22(4)10-6-8(18)13(19)11-7(10)5-9-12(11)14(23)21-15(26)20-9/h6H,5H2,1-4H3,(H2,20,21,23,26). The van der Waals surface area contributed by atoms with Gasteiger partial charge in [-0.15, -0.1) is 0 Å². The molecule has 6 nitrogen and oxygen atoms in total. The molecule has 9 heteroatoms. The van der Waals surface area contributed by atoms with Crippen LogP contribution in [0.2, 0.25) is 0 Å². The summed E-state index contributed by atoms with van der Waals surface area (Å²) in [5.41, 5.74) is -0.729. The van der Waals surface area contributed by atoms with Crippen LogP contribution < -0.4 is 10.5 Å². The topological polar surface area (TPSA) is 78.2 Å². The van der Waals surface area contributed by atoms with Crippen LogP contribution in [-0.2, 0) is 11.2 Å². The zero-order valence-corrected chi connectivity index (χ0v) is 15.4. The highest BCUT2D eigenvalue weighted by molar-refractivity contribution is 7.71. The SMILES string of the molecule is CN(C(=O)OC(C)(C)C)c1cc(F)c(F)c2c1Cc1[nH]c(=S)[nH]c(=O)c1-2. The predicted molar refractivity (Wildman–Crippen MR) is 95.0 cm³/mol. The second-order valence-corrected chi connectivity index (χ2v) is 7.43. The summed E-state index contributed by atoms with van der Waals surface area (Å²) in [6, 6.07) is 0.923. The minimum Gasteiger partial charge on any atom is -0.443 e. The van der Waals surface area contributed by atoms with Gasteiger partial charge in [0.05, 0.1) is 11.3 Å². The molecule has 0 fully saturated rings. The van der Waals surface area contributed by atoms with Crippen molar-refractivity contribution in [1.29, 1.82) is 0 Å². The average molecular weight is 381 g/mol. The van der Waals surface area contributed by atoms with E-state index in [1.807, 2.05) is 0 Å². The van der Waals surface area contributed by atoms with E-state index >= 15 is 0 Å². The van der Waals surface area contributed by atoms with Gasteiger partial charge in [-0.05, 0) is 38.6 Å². The molecule has 2 aromatic rings. The minimum absolute atomic E-state index is 0.00978. The summed E-state index contributed by atoms with van der Waals surface area (Å²) in [5.74, 6) is -2.31. The molecule has 1 heterocycles. The smallest absolute Gasteiger partial charge is 0.414 e. The maximum atomic E-state index is 14.5. The predicted octanol–water partition coefficient (Wildman–Crippen LogP) is 3.65. The molecule has 0 radical (unpaired) electrons. The fourth-order valence-electron chi connectivity index (χ4n) is 2.93. The number of halogens is 2. The number of aromatic amines is 2. The number of H-pyrrole nitrogens is 2. The number of hydrogen-bond acceptors (Lipinski definition) is 4. The highest BCUT2D eigenvalue weighted by atomic mass is 32.1. The summed E-state index contributed by atoms with van der Waals surface area (Å²) < 4.78 is 34.0. The average Bonchev–Trinajstić information content (AvgIpc) is 2.88. The molecule has 2 N–H and O–H groups in total. The lowest BCUT2D eigenvalue weighted by molar-refractivity contribution is 0.0589. The fourth-order valence-corrected chi connectivity index (χ4v) is 3.14. The Morgan fingerprint density at radius 3 is 2.54 bits per heavy atom. The summed E-state index contributed by atoms with van der Waals surface area (Å²) in [6.45, 7) is 5.09. The number of anilines is 1. The summed E-state index contributed by atoms with van der Waals surface area (Å²) in [5, 5.41) is 0. The number of nitrogens with one attached hydrogen (secondary N) is 2. The van der Waals surface area contributed by atoms with Crippen molar-refractivity contribution in [2.45, 2.75) is 32.8 Å². The molecule has 138 valence electrons. The molecule has 1 aromatic heterocycles. The van der Waals surface area contributed by atoms with E-state index < -0.39 is 28.9 Å². The van der Waals surface area contributed by atoms with Crippen LogP contribution in [0.4, 0.5) is 19.3 Å². The molecule has 0 atom stereocenters. The molecule has 1 amide bonds. The number of benzene rings is 1. The van der Waals surface area contributed by atoms with Crippen molar-refractivity contribution in [1.82, 2.24) is 9.97 Å². The molecule has 0 spiro atoms. The summed E-state index contributed by atoms with van der Waals surface area (Å²) in [7, 11) is 1.40. The van der Waals surface area contributed by atoms with Gasteiger partial charge >= 0.3 is 6.09 Å². The van der Waals surface area contributed by atoms with Crippen LogP contribution in [0.5, 0.6) is 0 Å². The van der Waals surface area contributed by atoms with Gasteiger partial charge in [0, 0.05) is 30.8 Å². The van der Waals surface area contributed by atoms with Gasteiger partial charge in [0.15, 0.2) is 16.4 Å². The van der Waals surface area contributed by atoms with Gasteiger partial charge in [0.2, 0.25) is 0 Å². The first kappa shape index (κ1) is 18.2. The maximum Gasteiger partial charge on any atom is 0.414 e. The van der Waals surface area contributed by atoms with Crippen LogP contribution in [0.1, 0.15) is 32.0 Å². The Hall–Kier alpha value is -2.55. The van der Waals surface area contributed by atoms with Gasteiger partial charge < -0.3 is 9.72 Å². The first-order chi connectivity index (χ1) is 12.0. The van der Waals surface area contributed by atoms with E-state index in [0.717, 1.165) is 11.0 Å². The summed E-state index contributed by atoms with van der Waals surface area (Å²) in [6.07, 6.45) is -0.610. The van der Waals surface area contributed by atoms with Crippen LogP contribution in [0.25, 0.3) is 11.1 Å². The number of rotatable bonds is 1. The van der Waals surface area contributed by atoms with Gasteiger partial charge in [-0.2, -0.15) is 0 Å². The number of carbonyl (C=O) groups is 1. The third-order valence-electron chi connectivity index (χ3n) is 3.96. The van der Waals surface area contributed by atoms with Crippen molar-refractivity contribution < 1.29 is 18.3 Å². The number of ether oxygens (including phenoxy) is 1. The van der Waals surface area contributed by atoms with Gasteiger partial charge in [-0.25, -0.2) is 13.6 Å². The molecule has 0 saturated heterocycles. The van der Waals surface area contributed by atoms with Crippen LogP contribution in [0.3, 0.4) is 0 Å². The van der Waals surface area contributed by atoms with Crippen molar-refractivity contribution >= 4 is 24.0 Å². The summed E-state index contributed by atoms with van der Waals surface area (Å²) in [4.78, 5) is 30.8. The Bertz CT molecular complexity index is 1040. The lowest BCUT2D eigenvalue weighted by Crippen LogP contribution is -2.34. The Balaban J connectivity index is 2.18. The zero-order chi connectivity index (χ0) is 19.4. The number of aromatic nitrogens is 2. The molecule has 0 aliphatic heterocycles. The molecule has 26 heavy (non-hydrogen) atoms. The molecule has 1 aliphatic carbocycles. The molecule has 3 rings (SSSR count). The van der Waals surface area contributed by atoms with Crippen molar-refractivity contribution in [3.63, 3.8) is 0 Å². The lowest BCUT2D eigenvalue weighted by Gasteiger charge is -2.26. The first-order valence-corrected chi connectivity index (χ1v) is 8.24. The molecule has 0 unspecified atom stereocenters. The van der Waals surface area contributed by atoms with Crippen molar-refractivity contribution in [2.24, 2.45) is 0 Å². The van der Waals surface area contributed by atoms with Gasteiger partial charge in [0.1, 0.15) is 5.60 Å². The van der Waals surface area contributed by atoms with Crippen molar-refractivity contribution in [3.05, 3.63) is 44.1 Å². The Kier molecular flexibility index (Phi) is 4.22. The van der Waals surface area contributed by atoms with Gasteiger partial charge in [-0.3, -0.25) is 14.7 Å². The highest BCUT2D eigenvalue weighted by Crippen LogP contribution is 2.41. The second kappa shape index (κ2) is 6.01. The van der Waals surface area contributed by atoms with E-state index in [1.54, 1.807) is 20.8 Å². The van der Waals surface area contributed by atoms with Gasteiger partial charge in [0.25, 0.3) is 5.56 Å². The quantitative estimate of drug-likeness (QED) is 0.631. The Morgan fingerprint density at radius 1 is 1.27 bits per heavy atom. The van der Waals surface area contributed by atoms with E-state index in [4.69, 9.17) is 17.0 Å². The largest absolute Gasteiger partial charge is 0.443 e. The number of fused-ring (bicyclic) bond motifs is 3. The first-order valence-electron chi connectivity index (χ1n) is 7.83. The fraction of sp³-hybridized carbons (Fsp3) is 0.353. The third-order valence-corrected chi connectivity index (χ3v) is 4.16. The lowest BCUT2D eigenvalue weighted by atomic mass is 10.0. The van der Waals surface area contributed by atoms with Crippen LogP contribution in [-0.4, -0.2) is 28.7 Å². The maximum absolute atomic E-state index is 14.5. The normalized spacial score (nSPS) is 12.5. The molecule has 1 aromatic carbocycles. The summed E-state index contributed by atoms with van der Waals surface area (Å²) >= 11 is 4.93. The van der Waals surface area contributed by atoms with Crippen LogP contribution in [0.15, 0.2) is 10.9 Å². The van der Waals surface area contributed by atoms with E-state index in [-0.39, 0.29) is 28.0 Å². The number of carbonyl (C=O) groups excluding carboxylic acids is 1. The highest BCUT2D eigenvalue weighted by Gasteiger charge is 2.33. The van der Waals surface area contributed by atoms with E-state index in [2.05, 4.69) is 9.97 Å². The molecular formula is C17H17F2N3O3S. The van der Waals surface area contributed by atoms with Gasteiger partial charge in [-0.1, -0.05) is 0 Å². The van der Waals surface area contributed by atoms with E-state index in [1.165, 1.54) is 7.05 Å².